The fraction of sp³-hybridized carbons (Fsp3) is 0.0417. The van der Waals surface area contributed by atoms with Crippen molar-refractivity contribution in [3.63, 3.8) is 0 Å². The topological polar surface area (TPSA) is 11.3 Å². The normalized spacial score (nSPS) is 9.96. The Morgan fingerprint density at radius 2 is 0.720 bits per heavy atom. The highest BCUT2D eigenvalue weighted by Gasteiger charge is 2.15. The van der Waals surface area contributed by atoms with E-state index in [0.29, 0.717) is 5.92 Å². The molecule has 0 bridgehead atoms. The molecule has 1 nitrogen and oxygen atoms in total. The third-order valence-corrected chi connectivity index (χ3v) is 3.94. The second-order valence-electron chi connectivity index (χ2n) is 5.65. The maximum atomic E-state index is 4.68. The third-order valence-electron chi connectivity index (χ3n) is 3.94. The van der Waals surface area contributed by atoms with Crippen LogP contribution in [0.4, 0.5) is 0 Å². The predicted octanol–water partition coefficient (Wildman–Crippen LogP) is 6.43. The van der Waals surface area contributed by atoms with Gasteiger partial charge in [0.25, 0.3) is 0 Å². The molecule has 0 aliphatic carbocycles. The highest BCUT2D eigenvalue weighted by atomic mass is 16.3. The molecular formula is C24H21O+. The quantitative estimate of drug-likeness (QED) is 0.312. The molecule has 0 fully saturated rings. The molecule has 0 saturated heterocycles. The highest BCUT2D eigenvalue weighted by Crippen LogP contribution is 2.31. The summed E-state index contributed by atoms with van der Waals surface area (Å²) in [6, 6.07) is 37.6. The van der Waals surface area contributed by atoms with Gasteiger partial charge >= 0.3 is 12.5 Å². The van der Waals surface area contributed by atoms with Crippen molar-refractivity contribution < 1.29 is 4.42 Å². The van der Waals surface area contributed by atoms with Crippen LogP contribution in [-0.2, 0) is 0 Å². The van der Waals surface area contributed by atoms with Crippen molar-refractivity contribution in [1.82, 2.24) is 0 Å². The van der Waals surface area contributed by atoms with E-state index < -0.39 is 0 Å². The van der Waals surface area contributed by atoms with E-state index in [9.17, 15) is 0 Å². The van der Waals surface area contributed by atoms with Crippen LogP contribution in [0, 0.1) is 0 Å². The highest BCUT2D eigenvalue weighted by molar-refractivity contribution is 5.42. The van der Waals surface area contributed by atoms with Gasteiger partial charge in [0.05, 0.1) is 0 Å². The molecule has 1 heteroatoms. The van der Waals surface area contributed by atoms with E-state index in [2.05, 4.69) is 95.4 Å². The van der Waals surface area contributed by atoms with E-state index in [1.165, 1.54) is 16.7 Å². The van der Waals surface area contributed by atoms with Gasteiger partial charge in [0.2, 0.25) is 0 Å². The van der Waals surface area contributed by atoms with Crippen molar-refractivity contribution in [3.05, 3.63) is 138 Å². The van der Waals surface area contributed by atoms with E-state index in [0.717, 1.165) is 0 Å². The minimum atomic E-state index is 0.309. The van der Waals surface area contributed by atoms with Gasteiger partial charge in [-0.1, -0.05) is 91.0 Å². The van der Waals surface area contributed by atoms with Crippen LogP contribution in [-0.4, -0.2) is 0 Å². The zero-order chi connectivity index (χ0) is 17.2. The number of hydrogen-bond donors (Lipinski definition) is 0. The molecule has 0 saturated carbocycles. The smallest absolute Gasteiger partial charge is 0.224 e. The Bertz CT molecular complexity index is 707. The second kappa shape index (κ2) is 9.19. The lowest BCUT2D eigenvalue weighted by molar-refractivity contribution is 0.550. The molecule has 0 amide bonds. The van der Waals surface area contributed by atoms with E-state index in [1.54, 1.807) is 12.5 Å². The largest absolute Gasteiger partial charge is 0.317 e. The lowest BCUT2D eigenvalue weighted by Crippen LogP contribution is -2.02. The fourth-order valence-corrected chi connectivity index (χ4v) is 2.80. The van der Waals surface area contributed by atoms with Crippen molar-refractivity contribution in [1.29, 1.82) is 0 Å². The summed E-state index contributed by atoms with van der Waals surface area (Å²) in [5, 5.41) is 0. The molecule has 0 aliphatic rings. The Morgan fingerprint density at radius 1 is 0.400 bits per heavy atom. The second-order valence-corrected chi connectivity index (χ2v) is 5.65. The molecule has 1 heterocycles. The van der Waals surface area contributed by atoms with Gasteiger partial charge in [-0.3, -0.25) is 0 Å². The number of benzene rings is 3. The van der Waals surface area contributed by atoms with E-state index in [1.807, 2.05) is 18.2 Å². The third kappa shape index (κ3) is 4.89. The molecule has 1 aromatic heterocycles. The van der Waals surface area contributed by atoms with Crippen LogP contribution in [0.15, 0.2) is 126 Å². The Morgan fingerprint density at radius 3 is 0.960 bits per heavy atom. The summed E-state index contributed by atoms with van der Waals surface area (Å²) < 4.78 is 4.68. The Hall–Kier alpha value is -3.19. The Labute approximate surface area is 149 Å². The Balaban J connectivity index is 0.000000258. The minimum Gasteiger partial charge on any atom is -0.224 e. The van der Waals surface area contributed by atoms with Crippen LogP contribution in [0.3, 0.4) is 0 Å². The molecule has 25 heavy (non-hydrogen) atoms. The van der Waals surface area contributed by atoms with E-state index in [-0.39, 0.29) is 0 Å². The van der Waals surface area contributed by atoms with Crippen LogP contribution in [0.5, 0.6) is 0 Å². The first-order chi connectivity index (χ1) is 12.4. The Kier molecular flexibility index (Phi) is 6.12. The van der Waals surface area contributed by atoms with Crippen LogP contribution < -0.4 is 0 Å². The lowest BCUT2D eigenvalue weighted by Gasteiger charge is -2.18. The van der Waals surface area contributed by atoms with Gasteiger partial charge in [-0.2, -0.15) is 0 Å². The van der Waals surface area contributed by atoms with Crippen LogP contribution in [0.25, 0.3) is 0 Å². The molecule has 0 unspecified atom stereocenters. The molecule has 0 spiro atoms. The molecule has 0 aliphatic heterocycles. The fourth-order valence-electron chi connectivity index (χ4n) is 2.80. The average molecular weight is 325 g/mol. The summed E-state index contributed by atoms with van der Waals surface area (Å²) in [6.45, 7) is 0. The number of rotatable bonds is 3. The standard InChI is InChI=1S/C19H16.C5H5O/c1-4-10-16(11-5-1)19(17-12-6-2-7-13-17)18-14-8-3-9-15-18;1-2-4-6-5-3-1/h1-15,19H;1-5H/q;+1. The van der Waals surface area contributed by atoms with Crippen molar-refractivity contribution in [2.45, 2.75) is 5.92 Å². The van der Waals surface area contributed by atoms with Gasteiger partial charge in [0.1, 0.15) is 0 Å². The van der Waals surface area contributed by atoms with Gasteiger partial charge in [-0.15, -0.1) is 0 Å². The molecule has 0 N–H and O–H groups in total. The first kappa shape index (κ1) is 16.7. The molecule has 3 aromatic carbocycles. The van der Waals surface area contributed by atoms with E-state index in [4.69, 9.17) is 0 Å². The van der Waals surface area contributed by atoms with Gasteiger partial charge in [-0.25, -0.2) is 4.42 Å². The van der Waals surface area contributed by atoms with Gasteiger partial charge in [-0.05, 0) is 22.8 Å². The summed E-state index contributed by atoms with van der Waals surface area (Å²) in [5.41, 5.74) is 4.00. The SMILES string of the molecule is c1cc[o+]cc1.c1ccc(C(c2ccccc2)c2ccccc2)cc1. The summed E-state index contributed by atoms with van der Waals surface area (Å²) in [4.78, 5) is 0. The van der Waals surface area contributed by atoms with Crippen molar-refractivity contribution in [3.8, 4) is 0 Å². The maximum absolute atomic E-state index is 4.68. The van der Waals surface area contributed by atoms with Crippen LogP contribution in [0.2, 0.25) is 0 Å². The first-order valence-electron chi connectivity index (χ1n) is 8.40. The zero-order valence-electron chi connectivity index (χ0n) is 14.0. The minimum absolute atomic E-state index is 0.309. The van der Waals surface area contributed by atoms with Crippen LogP contribution in [0.1, 0.15) is 22.6 Å². The van der Waals surface area contributed by atoms with Crippen LogP contribution >= 0.6 is 0 Å². The zero-order valence-corrected chi connectivity index (χ0v) is 14.0. The summed E-state index contributed by atoms with van der Waals surface area (Å²) in [6.07, 6.45) is 3.25. The monoisotopic (exact) mass is 325 g/mol. The predicted molar refractivity (Wildman–Crippen MR) is 103 cm³/mol. The molecule has 0 radical (unpaired) electrons. The van der Waals surface area contributed by atoms with E-state index >= 15 is 0 Å². The van der Waals surface area contributed by atoms with Crippen molar-refractivity contribution in [2.75, 3.05) is 0 Å². The lowest BCUT2D eigenvalue weighted by atomic mass is 9.85. The number of hydrogen-bond acceptors (Lipinski definition) is 0. The summed E-state index contributed by atoms with van der Waals surface area (Å²) >= 11 is 0. The van der Waals surface area contributed by atoms with Gasteiger partial charge in [0, 0.05) is 18.1 Å². The molecular weight excluding hydrogens is 304 g/mol. The molecule has 0 atom stereocenters. The van der Waals surface area contributed by atoms with Gasteiger partial charge < -0.3 is 0 Å². The van der Waals surface area contributed by atoms with Crippen molar-refractivity contribution >= 4 is 0 Å². The van der Waals surface area contributed by atoms with Crippen molar-refractivity contribution in [2.24, 2.45) is 0 Å². The summed E-state index contributed by atoms with van der Waals surface area (Å²) in [5.74, 6) is 0.309. The molecule has 122 valence electrons. The first-order valence-corrected chi connectivity index (χ1v) is 8.40. The maximum Gasteiger partial charge on any atom is 0.317 e. The summed E-state index contributed by atoms with van der Waals surface area (Å²) in [7, 11) is 0. The van der Waals surface area contributed by atoms with Gasteiger partial charge in [0.15, 0.2) is 0 Å². The molecule has 4 rings (SSSR count). The molecule has 4 aromatic rings. The average Bonchev–Trinajstić information content (AvgIpc) is 2.72.